The quantitative estimate of drug-likeness (QED) is 0.896. The predicted octanol–water partition coefficient (Wildman–Crippen LogP) is 1.72. The molecule has 0 radical (unpaired) electrons. The number of nitrogens with two attached hydrogens (primary N) is 1. The zero-order valence-corrected chi connectivity index (χ0v) is 10.4. The fraction of sp³-hybridized carbons (Fsp3) is 0.429. The number of fused-ring (bicyclic) bond motifs is 1. The maximum absolute atomic E-state index is 5.81. The second-order valence-electron chi connectivity index (χ2n) is 4.59. The summed E-state index contributed by atoms with van der Waals surface area (Å²) in [5, 5.41) is 1.18. The minimum atomic E-state index is 0.453. The molecule has 1 saturated heterocycles. The van der Waals surface area contributed by atoms with Crippen LogP contribution in [0.3, 0.4) is 0 Å². The highest BCUT2D eigenvalue weighted by molar-refractivity contribution is 5.82. The summed E-state index contributed by atoms with van der Waals surface area (Å²) in [6.45, 7) is 4.93. The van der Waals surface area contributed by atoms with E-state index < -0.39 is 0 Å². The van der Waals surface area contributed by atoms with Crippen LogP contribution in [0, 0.1) is 0 Å². The van der Waals surface area contributed by atoms with Crippen molar-refractivity contribution in [1.82, 2.24) is 4.90 Å². The number of hydrogen-bond acceptors (Lipinski definition) is 4. The van der Waals surface area contributed by atoms with Gasteiger partial charge in [-0.05, 0) is 6.07 Å². The van der Waals surface area contributed by atoms with Crippen molar-refractivity contribution < 1.29 is 9.15 Å². The summed E-state index contributed by atoms with van der Waals surface area (Å²) in [6, 6.07) is 8.14. The molecule has 0 spiro atoms. The zero-order chi connectivity index (χ0) is 12.4. The van der Waals surface area contributed by atoms with Crippen LogP contribution in [-0.2, 0) is 17.8 Å². The van der Waals surface area contributed by atoms with Crippen LogP contribution in [0.4, 0.5) is 0 Å². The Morgan fingerprint density at radius 2 is 1.94 bits per heavy atom. The molecule has 0 bridgehead atoms. The lowest BCUT2D eigenvalue weighted by molar-refractivity contribution is 0.0341. The smallest absolute Gasteiger partial charge is 0.134 e. The molecule has 2 N–H and O–H groups in total. The molecule has 1 aromatic heterocycles. The van der Waals surface area contributed by atoms with Crippen molar-refractivity contribution in [2.75, 3.05) is 26.3 Å². The Labute approximate surface area is 106 Å². The van der Waals surface area contributed by atoms with Crippen molar-refractivity contribution in [2.45, 2.75) is 13.1 Å². The van der Waals surface area contributed by atoms with Gasteiger partial charge in [-0.2, -0.15) is 0 Å². The molecule has 2 aromatic rings. The van der Waals surface area contributed by atoms with E-state index in [2.05, 4.69) is 11.0 Å². The monoisotopic (exact) mass is 246 g/mol. The first-order valence-electron chi connectivity index (χ1n) is 6.38. The molecular formula is C14H18N2O2. The maximum atomic E-state index is 5.81. The molecule has 1 aliphatic rings. The number of ether oxygens (including phenoxy) is 1. The van der Waals surface area contributed by atoms with Gasteiger partial charge in [0.05, 0.1) is 19.8 Å². The van der Waals surface area contributed by atoms with Crippen molar-refractivity contribution in [1.29, 1.82) is 0 Å². The van der Waals surface area contributed by atoms with Crippen LogP contribution in [0.25, 0.3) is 11.0 Å². The second-order valence-corrected chi connectivity index (χ2v) is 4.59. The topological polar surface area (TPSA) is 51.6 Å². The number of benzene rings is 1. The van der Waals surface area contributed by atoms with E-state index in [1.807, 2.05) is 18.2 Å². The SMILES string of the molecule is NCc1oc2ccccc2c1CN1CCOCC1. The summed E-state index contributed by atoms with van der Waals surface area (Å²) in [5.74, 6) is 0.905. The number of furan rings is 1. The molecule has 0 saturated carbocycles. The Morgan fingerprint density at radius 3 is 2.72 bits per heavy atom. The molecule has 1 aromatic carbocycles. The first-order valence-corrected chi connectivity index (χ1v) is 6.38. The highest BCUT2D eigenvalue weighted by atomic mass is 16.5. The number of hydrogen-bond donors (Lipinski definition) is 1. The lowest BCUT2D eigenvalue weighted by atomic mass is 10.1. The van der Waals surface area contributed by atoms with Crippen LogP contribution in [0.5, 0.6) is 0 Å². The van der Waals surface area contributed by atoms with Crippen molar-refractivity contribution >= 4 is 11.0 Å². The van der Waals surface area contributed by atoms with E-state index in [0.29, 0.717) is 6.54 Å². The van der Waals surface area contributed by atoms with Gasteiger partial charge in [-0.15, -0.1) is 0 Å². The number of nitrogens with zero attached hydrogens (tertiary/aromatic N) is 1. The summed E-state index contributed by atoms with van der Waals surface area (Å²) < 4.78 is 11.2. The summed E-state index contributed by atoms with van der Waals surface area (Å²) in [6.07, 6.45) is 0. The Morgan fingerprint density at radius 1 is 1.17 bits per heavy atom. The molecule has 1 fully saturated rings. The molecule has 0 atom stereocenters. The van der Waals surface area contributed by atoms with Crippen LogP contribution < -0.4 is 5.73 Å². The van der Waals surface area contributed by atoms with E-state index in [4.69, 9.17) is 14.9 Å². The summed E-state index contributed by atoms with van der Waals surface area (Å²) in [7, 11) is 0. The Balaban J connectivity index is 1.93. The molecule has 96 valence electrons. The van der Waals surface area contributed by atoms with E-state index in [-0.39, 0.29) is 0 Å². The molecule has 1 aliphatic heterocycles. The normalized spacial score (nSPS) is 17.4. The van der Waals surface area contributed by atoms with Crippen molar-refractivity contribution in [3.8, 4) is 0 Å². The van der Waals surface area contributed by atoms with Gasteiger partial charge in [-0.3, -0.25) is 4.90 Å². The van der Waals surface area contributed by atoms with Gasteiger partial charge in [0.15, 0.2) is 0 Å². The molecule has 0 aliphatic carbocycles. The molecular weight excluding hydrogens is 228 g/mol. The highest BCUT2D eigenvalue weighted by Gasteiger charge is 2.17. The average Bonchev–Trinajstić information content (AvgIpc) is 2.78. The van der Waals surface area contributed by atoms with E-state index in [1.165, 1.54) is 10.9 Å². The molecule has 4 heteroatoms. The van der Waals surface area contributed by atoms with Gasteiger partial charge >= 0.3 is 0 Å². The number of para-hydroxylation sites is 1. The van der Waals surface area contributed by atoms with Gasteiger partial charge in [0, 0.05) is 30.6 Å². The van der Waals surface area contributed by atoms with E-state index >= 15 is 0 Å². The molecule has 18 heavy (non-hydrogen) atoms. The van der Waals surface area contributed by atoms with Gasteiger partial charge in [0.25, 0.3) is 0 Å². The molecule has 4 nitrogen and oxygen atoms in total. The Hall–Kier alpha value is -1.36. The van der Waals surface area contributed by atoms with Crippen molar-refractivity contribution in [3.05, 3.63) is 35.6 Å². The minimum Gasteiger partial charge on any atom is -0.459 e. The lowest BCUT2D eigenvalue weighted by Gasteiger charge is -2.26. The third-order valence-corrected chi connectivity index (χ3v) is 3.45. The van der Waals surface area contributed by atoms with Gasteiger partial charge in [0.1, 0.15) is 11.3 Å². The molecule has 2 heterocycles. The molecule has 3 rings (SSSR count). The summed E-state index contributed by atoms with van der Waals surface area (Å²) in [5.41, 5.74) is 7.95. The van der Waals surface area contributed by atoms with Gasteiger partial charge in [-0.1, -0.05) is 18.2 Å². The highest BCUT2D eigenvalue weighted by Crippen LogP contribution is 2.27. The largest absolute Gasteiger partial charge is 0.459 e. The van der Waals surface area contributed by atoms with Crippen LogP contribution in [-0.4, -0.2) is 31.2 Å². The minimum absolute atomic E-state index is 0.453. The fourth-order valence-corrected chi connectivity index (χ4v) is 2.47. The van der Waals surface area contributed by atoms with Gasteiger partial charge < -0.3 is 14.9 Å². The van der Waals surface area contributed by atoms with Crippen LogP contribution >= 0.6 is 0 Å². The Bertz CT molecular complexity index is 530. The van der Waals surface area contributed by atoms with Gasteiger partial charge in [-0.25, -0.2) is 0 Å². The third kappa shape index (κ3) is 2.14. The molecule has 0 unspecified atom stereocenters. The van der Waals surface area contributed by atoms with Crippen LogP contribution in [0.1, 0.15) is 11.3 Å². The summed E-state index contributed by atoms with van der Waals surface area (Å²) >= 11 is 0. The van der Waals surface area contributed by atoms with E-state index in [9.17, 15) is 0 Å². The second kappa shape index (κ2) is 5.10. The number of rotatable bonds is 3. The maximum Gasteiger partial charge on any atom is 0.134 e. The first-order chi connectivity index (χ1) is 8.88. The standard InChI is InChI=1S/C14H18N2O2/c15-9-14-12(10-16-5-7-17-8-6-16)11-3-1-2-4-13(11)18-14/h1-4H,5-10,15H2. The fourth-order valence-electron chi connectivity index (χ4n) is 2.47. The van der Waals surface area contributed by atoms with Crippen molar-refractivity contribution in [3.63, 3.8) is 0 Å². The first kappa shape index (κ1) is 11.7. The average molecular weight is 246 g/mol. The van der Waals surface area contributed by atoms with Crippen molar-refractivity contribution in [2.24, 2.45) is 5.73 Å². The summed E-state index contributed by atoms with van der Waals surface area (Å²) in [4.78, 5) is 2.39. The van der Waals surface area contributed by atoms with Crippen LogP contribution in [0.2, 0.25) is 0 Å². The van der Waals surface area contributed by atoms with Crippen LogP contribution in [0.15, 0.2) is 28.7 Å². The van der Waals surface area contributed by atoms with E-state index in [1.54, 1.807) is 0 Å². The zero-order valence-electron chi connectivity index (χ0n) is 10.4. The predicted molar refractivity (Wildman–Crippen MR) is 70.2 cm³/mol. The van der Waals surface area contributed by atoms with Gasteiger partial charge in [0.2, 0.25) is 0 Å². The number of morpholine rings is 1. The third-order valence-electron chi connectivity index (χ3n) is 3.45. The lowest BCUT2D eigenvalue weighted by Crippen LogP contribution is -2.35. The van der Waals surface area contributed by atoms with E-state index in [0.717, 1.165) is 44.2 Å². The Kier molecular flexibility index (Phi) is 3.32. The molecule has 0 amide bonds.